The molecule has 3 amide bonds. The van der Waals surface area contributed by atoms with Gasteiger partial charge < -0.3 is 30.7 Å². The molecule has 3 atom stereocenters. The molecule has 204 valence electrons. The number of nitrogens with one attached hydrogen (secondary N) is 3. The lowest BCUT2D eigenvalue weighted by molar-refractivity contribution is -0.142. The summed E-state index contributed by atoms with van der Waals surface area (Å²) in [5, 5.41) is 18.1. The lowest BCUT2D eigenvalue weighted by atomic mass is 9.92. The van der Waals surface area contributed by atoms with E-state index in [2.05, 4.69) is 16.0 Å². The van der Waals surface area contributed by atoms with E-state index in [1.807, 2.05) is 0 Å². The van der Waals surface area contributed by atoms with Gasteiger partial charge >= 0.3 is 5.97 Å². The number of carbonyl (C=O) groups excluding carboxylic acids is 3. The van der Waals surface area contributed by atoms with Crippen LogP contribution in [-0.4, -0.2) is 79.6 Å². The van der Waals surface area contributed by atoms with E-state index >= 15 is 0 Å². The predicted molar refractivity (Wildman–Crippen MR) is 138 cm³/mol. The van der Waals surface area contributed by atoms with E-state index < -0.39 is 23.8 Å². The maximum atomic E-state index is 12.8. The fourth-order valence-corrected chi connectivity index (χ4v) is 4.96. The number of benzene rings is 1. The van der Waals surface area contributed by atoms with Gasteiger partial charge in [-0.05, 0) is 75.7 Å². The van der Waals surface area contributed by atoms with Gasteiger partial charge in [-0.25, -0.2) is 4.79 Å². The number of rotatable bonds is 11. The summed E-state index contributed by atoms with van der Waals surface area (Å²) in [6.45, 7) is 4.45. The Bertz CT molecular complexity index is 931. The highest BCUT2D eigenvalue weighted by atomic mass is 16.5. The Labute approximate surface area is 218 Å². The second kappa shape index (κ2) is 14.0. The van der Waals surface area contributed by atoms with Crippen molar-refractivity contribution in [2.45, 2.75) is 57.4 Å². The van der Waals surface area contributed by atoms with E-state index in [4.69, 9.17) is 4.74 Å². The molecule has 3 rings (SSSR count). The number of nitrogens with zero attached hydrogens (tertiary/aromatic N) is 1. The molecule has 1 aromatic carbocycles. The molecule has 2 fully saturated rings. The summed E-state index contributed by atoms with van der Waals surface area (Å²) in [5.41, 5.74) is 0.721. The zero-order valence-electron chi connectivity index (χ0n) is 21.8. The van der Waals surface area contributed by atoms with Gasteiger partial charge in [-0.3, -0.25) is 14.4 Å². The largest absolute Gasteiger partial charge is 0.497 e. The van der Waals surface area contributed by atoms with Crippen LogP contribution in [0.3, 0.4) is 0 Å². The average Bonchev–Trinajstić information content (AvgIpc) is 2.93. The van der Waals surface area contributed by atoms with Crippen LogP contribution in [0.2, 0.25) is 0 Å². The van der Waals surface area contributed by atoms with E-state index in [1.165, 1.54) is 0 Å². The smallest absolute Gasteiger partial charge is 0.328 e. The molecule has 1 unspecified atom stereocenters. The van der Waals surface area contributed by atoms with Crippen LogP contribution in [0.4, 0.5) is 0 Å². The first-order valence-electron chi connectivity index (χ1n) is 13.2. The third kappa shape index (κ3) is 8.45. The number of aliphatic carboxylic acids is 1. The normalized spacial score (nSPS) is 19.9. The molecule has 1 aromatic rings. The summed E-state index contributed by atoms with van der Waals surface area (Å²) in [6, 6.07) is 5.72. The number of piperidine rings is 2. The van der Waals surface area contributed by atoms with Gasteiger partial charge in [0.05, 0.1) is 18.9 Å². The highest BCUT2D eigenvalue weighted by molar-refractivity contribution is 5.88. The number of hydrogen-bond donors (Lipinski definition) is 4. The van der Waals surface area contributed by atoms with Crippen LogP contribution in [0.1, 0.15) is 56.9 Å². The number of hydrogen-bond acceptors (Lipinski definition) is 6. The highest BCUT2D eigenvalue weighted by Crippen LogP contribution is 2.22. The summed E-state index contributed by atoms with van der Waals surface area (Å²) >= 11 is 0. The van der Waals surface area contributed by atoms with Crippen molar-refractivity contribution in [2.24, 2.45) is 11.8 Å². The Hall–Kier alpha value is -3.14. The van der Waals surface area contributed by atoms with Crippen molar-refractivity contribution in [1.82, 2.24) is 20.9 Å². The van der Waals surface area contributed by atoms with E-state index in [1.54, 1.807) is 43.2 Å². The standard InChI is InChI=1S/C27H40N4O6/c1-18(20-6-8-22(37-2)9-7-20)25(33)30-23(27(35)36)16-29-26(34)21-4-3-15-31(17-21)24(32)10-5-19-11-13-28-14-12-19/h6-9,18-19,21,23,28H,3-5,10-17H2,1-2H3,(H,29,34)(H,30,33)(H,35,36)/t18-,21+,23?/m0/s1. The minimum Gasteiger partial charge on any atom is -0.497 e. The van der Waals surface area contributed by atoms with Gasteiger partial charge in [0, 0.05) is 26.1 Å². The fourth-order valence-electron chi connectivity index (χ4n) is 4.96. The minimum absolute atomic E-state index is 0.0826. The first-order valence-corrected chi connectivity index (χ1v) is 13.2. The molecular weight excluding hydrogens is 476 g/mol. The molecule has 4 N–H and O–H groups in total. The number of carbonyl (C=O) groups is 4. The Kier molecular flexibility index (Phi) is 10.7. The molecule has 37 heavy (non-hydrogen) atoms. The quantitative estimate of drug-likeness (QED) is 0.350. The third-order valence-corrected chi connectivity index (χ3v) is 7.47. The molecular formula is C27H40N4O6. The van der Waals surface area contributed by atoms with Crippen LogP contribution in [-0.2, 0) is 19.2 Å². The van der Waals surface area contributed by atoms with E-state index in [0.29, 0.717) is 37.6 Å². The maximum Gasteiger partial charge on any atom is 0.328 e. The summed E-state index contributed by atoms with van der Waals surface area (Å²) in [7, 11) is 1.55. The lowest BCUT2D eigenvalue weighted by Crippen LogP contribution is -2.52. The summed E-state index contributed by atoms with van der Waals surface area (Å²) in [4.78, 5) is 51.8. The molecule has 2 aliphatic rings. The second-order valence-electron chi connectivity index (χ2n) is 10.1. The molecule has 0 aliphatic carbocycles. The molecule has 0 saturated carbocycles. The number of amides is 3. The Morgan fingerprint density at radius 1 is 1.14 bits per heavy atom. The monoisotopic (exact) mass is 516 g/mol. The molecule has 2 aliphatic heterocycles. The van der Waals surface area contributed by atoms with Gasteiger partial charge in [0.1, 0.15) is 11.8 Å². The predicted octanol–water partition coefficient (Wildman–Crippen LogP) is 1.50. The highest BCUT2D eigenvalue weighted by Gasteiger charge is 2.30. The zero-order chi connectivity index (χ0) is 26.8. The fraction of sp³-hybridized carbons (Fsp3) is 0.630. The topological polar surface area (TPSA) is 137 Å². The Balaban J connectivity index is 1.46. The molecule has 0 bridgehead atoms. The number of carboxylic acid groups (broad SMARTS) is 1. The van der Waals surface area contributed by atoms with Crippen molar-refractivity contribution in [2.75, 3.05) is 39.8 Å². The van der Waals surface area contributed by atoms with E-state index in [-0.39, 0.29) is 24.3 Å². The maximum absolute atomic E-state index is 12.8. The molecule has 0 radical (unpaired) electrons. The number of ether oxygens (including phenoxy) is 1. The molecule has 2 heterocycles. The molecule has 0 spiro atoms. The second-order valence-corrected chi connectivity index (χ2v) is 10.1. The average molecular weight is 517 g/mol. The van der Waals surface area contributed by atoms with Crippen molar-refractivity contribution in [1.29, 1.82) is 0 Å². The van der Waals surface area contributed by atoms with Crippen LogP contribution in [0.5, 0.6) is 5.75 Å². The van der Waals surface area contributed by atoms with Crippen molar-refractivity contribution in [3.63, 3.8) is 0 Å². The number of likely N-dealkylation sites (tertiary alicyclic amines) is 1. The van der Waals surface area contributed by atoms with Crippen LogP contribution in [0, 0.1) is 11.8 Å². The number of methoxy groups -OCH3 is 1. The van der Waals surface area contributed by atoms with E-state index in [9.17, 15) is 24.3 Å². The van der Waals surface area contributed by atoms with E-state index in [0.717, 1.165) is 44.3 Å². The Morgan fingerprint density at radius 3 is 2.49 bits per heavy atom. The van der Waals surface area contributed by atoms with Gasteiger partial charge in [0.2, 0.25) is 17.7 Å². The SMILES string of the molecule is COc1ccc([C@H](C)C(=O)NC(CNC(=O)[C@@H]2CCCN(C(=O)CCC3CCNCC3)C2)C(=O)O)cc1. The van der Waals surface area contributed by atoms with Crippen LogP contribution < -0.4 is 20.7 Å². The third-order valence-electron chi connectivity index (χ3n) is 7.47. The Morgan fingerprint density at radius 2 is 1.84 bits per heavy atom. The minimum atomic E-state index is -1.26. The van der Waals surface area contributed by atoms with Crippen LogP contribution in [0.15, 0.2) is 24.3 Å². The first kappa shape index (κ1) is 28.4. The van der Waals surface area contributed by atoms with Gasteiger partial charge in [-0.15, -0.1) is 0 Å². The number of carboxylic acids is 1. The van der Waals surface area contributed by atoms with Crippen LogP contribution in [0.25, 0.3) is 0 Å². The summed E-state index contributed by atoms with van der Waals surface area (Å²) in [6.07, 6.45) is 4.94. The summed E-state index contributed by atoms with van der Waals surface area (Å²) < 4.78 is 5.12. The molecule has 2 saturated heterocycles. The molecule has 10 heteroatoms. The van der Waals surface area contributed by atoms with Gasteiger partial charge in [0.25, 0.3) is 0 Å². The first-order chi connectivity index (χ1) is 17.8. The molecule has 0 aromatic heterocycles. The lowest BCUT2D eigenvalue weighted by Gasteiger charge is -2.33. The summed E-state index contributed by atoms with van der Waals surface area (Å²) in [5.74, 6) is -1.62. The van der Waals surface area contributed by atoms with Crippen molar-refractivity contribution in [3.05, 3.63) is 29.8 Å². The van der Waals surface area contributed by atoms with Crippen molar-refractivity contribution < 1.29 is 29.0 Å². The zero-order valence-corrected chi connectivity index (χ0v) is 21.8. The van der Waals surface area contributed by atoms with Gasteiger partial charge in [-0.2, -0.15) is 0 Å². The van der Waals surface area contributed by atoms with Crippen molar-refractivity contribution in [3.8, 4) is 5.75 Å². The van der Waals surface area contributed by atoms with Gasteiger partial charge in [-0.1, -0.05) is 12.1 Å². The molecule has 10 nitrogen and oxygen atoms in total. The van der Waals surface area contributed by atoms with Crippen LogP contribution >= 0.6 is 0 Å². The van der Waals surface area contributed by atoms with Gasteiger partial charge in [0.15, 0.2) is 0 Å². The van der Waals surface area contributed by atoms with Crippen molar-refractivity contribution >= 4 is 23.7 Å².